The number of thioether (sulfide) groups is 1. The summed E-state index contributed by atoms with van der Waals surface area (Å²) in [5, 5.41) is 0. The second-order valence-corrected chi connectivity index (χ2v) is 8.45. The van der Waals surface area contributed by atoms with Gasteiger partial charge in [-0.15, -0.1) is 11.8 Å². The molecule has 0 radical (unpaired) electrons. The molecule has 156 valence electrons. The Hall–Kier alpha value is -2.15. The maximum Gasteiger partial charge on any atom is 0.151 e. The van der Waals surface area contributed by atoms with Crippen LogP contribution >= 0.6 is 11.8 Å². The monoisotopic (exact) mass is 418 g/mol. The summed E-state index contributed by atoms with van der Waals surface area (Å²) in [5.74, 6) is 1.35. The van der Waals surface area contributed by atoms with Gasteiger partial charge in [-0.1, -0.05) is 13.3 Å². The van der Waals surface area contributed by atoms with Crippen molar-refractivity contribution < 1.29 is 8.78 Å². The van der Waals surface area contributed by atoms with Crippen molar-refractivity contribution in [1.82, 2.24) is 14.5 Å². The number of imidazole rings is 1. The van der Waals surface area contributed by atoms with Crippen molar-refractivity contribution in [3.8, 4) is 0 Å². The Bertz CT molecular complexity index is 1000. The van der Waals surface area contributed by atoms with Crippen LogP contribution in [0.25, 0.3) is 11.0 Å². The number of halogens is 2. The van der Waals surface area contributed by atoms with Crippen LogP contribution in [0.5, 0.6) is 0 Å². The Kier molecular flexibility index (Phi) is 7.11. The number of fused-ring (bicyclic) bond motifs is 1. The van der Waals surface area contributed by atoms with Crippen molar-refractivity contribution in [3.63, 3.8) is 0 Å². The van der Waals surface area contributed by atoms with Gasteiger partial charge >= 0.3 is 0 Å². The maximum atomic E-state index is 13.7. The largest absolute Gasteiger partial charge is 0.382 e. The Balaban J connectivity index is 1.62. The standard InChI is InChI=1S/C22H28F2N4S/c1-4-8-19-27-20-21(14(2)15(3)26-22(20)25)28(19)11-6-5-7-12-29-18-10-9-16(23)13-17(18)24/h9-10,13H,4-8,11-12H2,1-3H3,(H2,25,26). The van der Waals surface area contributed by atoms with Gasteiger partial charge in [0.05, 0.1) is 5.52 Å². The van der Waals surface area contributed by atoms with Crippen molar-refractivity contribution in [1.29, 1.82) is 0 Å². The van der Waals surface area contributed by atoms with Gasteiger partial charge in [-0.05, 0) is 56.6 Å². The zero-order valence-corrected chi connectivity index (χ0v) is 18.1. The van der Waals surface area contributed by atoms with Crippen LogP contribution in [0.4, 0.5) is 14.6 Å². The lowest BCUT2D eigenvalue weighted by molar-refractivity contribution is 0.565. The van der Waals surface area contributed by atoms with Crippen LogP contribution in [-0.2, 0) is 13.0 Å². The lowest BCUT2D eigenvalue weighted by Gasteiger charge is -2.11. The number of nitrogens with zero attached hydrogens (tertiary/aromatic N) is 3. The van der Waals surface area contributed by atoms with E-state index in [4.69, 9.17) is 10.7 Å². The first-order valence-corrected chi connectivity index (χ1v) is 11.1. The number of rotatable bonds is 9. The lowest BCUT2D eigenvalue weighted by atomic mass is 10.2. The van der Waals surface area contributed by atoms with E-state index >= 15 is 0 Å². The van der Waals surface area contributed by atoms with Crippen LogP contribution < -0.4 is 5.73 Å². The first kappa shape index (κ1) is 21.6. The van der Waals surface area contributed by atoms with Gasteiger partial charge in [-0.25, -0.2) is 18.7 Å². The predicted octanol–water partition coefficient (Wildman–Crippen LogP) is 5.82. The quantitative estimate of drug-likeness (QED) is 0.351. The molecule has 3 rings (SSSR count). The second-order valence-electron chi connectivity index (χ2n) is 7.32. The highest BCUT2D eigenvalue weighted by molar-refractivity contribution is 7.99. The normalized spacial score (nSPS) is 11.5. The number of nitrogens with two attached hydrogens (primary N) is 1. The first-order chi connectivity index (χ1) is 13.9. The van der Waals surface area contributed by atoms with E-state index in [-0.39, 0.29) is 0 Å². The van der Waals surface area contributed by atoms with Gasteiger partial charge in [0.25, 0.3) is 0 Å². The molecule has 7 heteroatoms. The smallest absolute Gasteiger partial charge is 0.151 e. The molecule has 29 heavy (non-hydrogen) atoms. The van der Waals surface area contributed by atoms with Crippen LogP contribution in [0, 0.1) is 25.5 Å². The number of anilines is 1. The first-order valence-electron chi connectivity index (χ1n) is 10.1. The van der Waals surface area contributed by atoms with Gasteiger partial charge in [0.2, 0.25) is 0 Å². The average Bonchev–Trinajstić information content (AvgIpc) is 3.03. The Morgan fingerprint density at radius 1 is 1.10 bits per heavy atom. The summed E-state index contributed by atoms with van der Waals surface area (Å²) in [6.07, 6.45) is 4.94. The summed E-state index contributed by atoms with van der Waals surface area (Å²) in [5.41, 5.74) is 10.1. The molecule has 0 amide bonds. The van der Waals surface area contributed by atoms with E-state index in [1.807, 2.05) is 6.92 Å². The van der Waals surface area contributed by atoms with E-state index in [1.54, 1.807) is 0 Å². The third-order valence-corrected chi connectivity index (χ3v) is 6.26. The molecule has 3 aromatic rings. The molecule has 2 aromatic heterocycles. The van der Waals surface area contributed by atoms with E-state index in [9.17, 15) is 8.78 Å². The maximum absolute atomic E-state index is 13.7. The highest BCUT2D eigenvalue weighted by Crippen LogP contribution is 2.27. The van der Waals surface area contributed by atoms with Crippen molar-refractivity contribution in [2.24, 2.45) is 0 Å². The molecule has 0 fully saturated rings. The molecule has 0 atom stereocenters. The summed E-state index contributed by atoms with van der Waals surface area (Å²) in [7, 11) is 0. The molecule has 2 heterocycles. The summed E-state index contributed by atoms with van der Waals surface area (Å²) in [6.45, 7) is 7.08. The van der Waals surface area contributed by atoms with Crippen LogP contribution in [0.2, 0.25) is 0 Å². The van der Waals surface area contributed by atoms with Gasteiger partial charge < -0.3 is 10.3 Å². The molecule has 2 N–H and O–H groups in total. The molecule has 4 nitrogen and oxygen atoms in total. The number of unbranched alkanes of at least 4 members (excludes halogenated alkanes) is 2. The number of hydrogen-bond acceptors (Lipinski definition) is 4. The van der Waals surface area contributed by atoms with E-state index in [2.05, 4.69) is 23.4 Å². The van der Waals surface area contributed by atoms with E-state index in [0.29, 0.717) is 10.7 Å². The van der Waals surface area contributed by atoms with Gasteiger partial charge in [0.1, 0.15) is 23.0 Å². The zero-order chi connectivity index (χ0) is 21.0. The van der Waals surface area contributed by atoms with Crippen molar-refractivity contribution >= 4 is 28.6 Å². The molecule has 0 spiro atoms. The van der Waals surface area contributed by atoms with Gasteiger partial charge in [-0.3, -0.25) is 0 Å². The van der Waals surface area contributed by atoms with E-state index < -0.39 is 11.6 Å². The highest BCUT2D eigenvalue weighted by atomic mass is 32.2. The molecule has 0 aliphatic heterocycles. The van der Waals surface area contributed by atoms with Crippen LogP contribution in [-0.4, -0.2) is 20.3 Å². The number of benzene rings is 1. The highest BCUT2D eigenvalue weighted by Gasteiger charge is 2.17. The number of pyridine rings is 1. The second kappa shape index (κ2) is 9.57. The molecule has 0 aliphatic rings. The molecule has 0 saturated carbocycles. The Labute approximate surface area is 174 Å². The van der Waals surface area contributed by atoms with Crippen LogP contribution in [0.1, 0.15) is 49.7 Å². The summed E-state index contributed by atoms with van der Waals surface area (Å²) in [6, 6.07) is 3.75. The Morgan fingerprint density at radius 2 is 1.90 bits per heavy atom. The molecule has 0 saturated heterocycles. The fourth-order valence-electron chi connectivity index (χ4n) is 3.53. The fourth-order valence-corrected chi connectivity index (χ4v) is 4.45. The van der Waals surface area contributed by atoms with Crippen molar-refractivity contribution in [2.45, 2.75) is 64.3 Å². The van der Waals surface area contributed by atoms with E-state index in [1.165, 1.54) is 23.9 Å². The van der Waals surface area contributed by atoms with E-state index in [0.717, 1.165) is 78.6 Å². The number of hydrogen-bond donors (Lipinski definition) is 1. The van der Waals surface area contributed by atoms with Gasteiger partial charge in [-0.2, -0.15) is 0 Å². The molecular formula is C22H28F2N4S. The SMILES string of the molecule is CCCc1nc2c(N)nc(C)c(C)c2n1CCCCCSc1ccc(F)cc1F. The minimum Gasteiger partial charge on any atom is -0.382 e. The topological polar surface area (TPSA) is 56.7 Å². The minimum absolute atomic E-state index is 0.485. The van der Waals surface area contributed by atoms with Crippen LogP contribution in [0.3, 0.4) is 0 Å². The van der Waals surface area contributed by atoms with Crippen molar-refractivity contribution in [3.05, 3.63) is 46.9 Å². The molecule has 0 unspecified atom stereocenters. The molecule has 0 aliphatic carbocycles. The lowest BCUT2D eigenvalue weighted by Crippen LogP contribution is -2.06. The minimum atomic E-state index is -0.538. The third-order valence-electron chi connectivity index (χ3n) is 5.13. The zero-order valence-electron chi connectivity index (χ0n) is 17.3. The molecule has 1 aromatic carbocycles. The number of nitrogen functional groups attached to an aromatic ring is 1. The predicted molar refractivity (Wildman–Crippen MR) is 116 cm³/mol. The summed E-state index contributed by atoms with van der Waals surface area (Å²) < 4.78 is 29.0. The average molecular weight is 419 g/mol. The Morgan fingerprint density at radius 3 is 2.62 bits per heavy atom. The third kappa shape index (κ3) is 4.89. The fraction of sp³-hybridized carbons (Fsp3) is 0.455. The van der Waals surface area contributed by atoms with Crippen molar-refractivity contribution in [2.75, 3.05) is 11.5 Å². The molecule has 0 bridgehead atoms. The number of aryl methyl sites for hydroxylation is 4. The van der Waals surface area contributed by atoms with Crippen LogP contribution in [0.15, 0.2) is 23.1 Å². The van der Waals surface area contributed by atoms with Gasteiger partial charge in [0.15, 0.2) is 5.82 Å². The summed E-state index contributed by atoms with van der Waals surface area (Å²) >= 11 is 1.44. The summed E-state index contributed by atoms with van der Waals surface area (Å²) in [4.78, 5) is 9.70. The number of aromatic nitrogens is 3. The molecular weight excluding hydrogens is 390 g/mol. The van der Waals surface area contributed by atoms with Gasteiger partial charge in [0, 0.05) is 29.6 Å².